The van der Waals surface area contributed by atoms with E-state index in [1.807, 2.05) is 6.26 Å². The van der Waals surface area contributed by atoms with E-state index >= 15 is 0 Å². The Labute approximate surface area is 150 Å². The van der Waals surface area contributed by atoms with Gasteiger partial charge >= 0.3 is 6.18 Å². The van der Waals surface area contributed by atoms with E-state index in [-0.39, 0.29) is 11.9 Å². The van der Waals surface area contributed by atoms with Crippen LogP contribution in [0.4, 0.5) is 13.2 Å². The van der Waals surface area contributed by atoms with Crippen molar-refractivity contribution in [2.75, 3.05) is 25.1 Å². The van der Waals surface area contributed by atoms with Crippen LogP contribution in [0.3, 0.4) is 0 Å². The third-order valence-corrected chi connectivity index (χ3v) is 4.92. The number of halogens is 3. The minimum absolute atomic E-state index is 0.0438. The number of nitrogens with zero attached hydrogens (tertiary/aromatic N) is 1. The van der Waals surface area contributed by atoms with Crippen LogP contribution < -0.4 is 11.1 Å². The highest BCUT2D eigenvalue weighted by Crippen LogP contribution is 2.29. The largest absolute Gasteiger partial charge is 0.416 e. The first-order valence-electron chi connectivity index (χ1n) is 8.23. The highest BCUT2D eigenvalue weighted by molar-refractivity contribution is 7.98. The molecule has 1 aliphatic rings. The predicted octanol–water partition coefficient (Wildman–Crippen LogP) is 2.48. The average molecular weight is 375 g/mol. The Morgan fingerprint density at radius 2 is 2.08 bits per heavy atom. The number of rotatable bonds is 7. The maximum Gasteiger partial charge on any atom is 0.416 e. The summed E-state index contributed by atoms with van der Waals surface area (Å²) in [5.74, 6) is 0.717. The van der Waals surface area contributed by atoms with Gasteiger partial charge in [-0.25, -0.2) is 0 Å². The fourth-order valence-corrected chi connectivity index (χ4v) is 3.33. The summed E-state index contributed by atoms with van der Waals surface area (Å²) in [5, 5.41) is 2.97. The molecule has 140 valence electrons. The zero-order valence-corrected chi connectivity index (χ0v) is 15.0. The number of hydrogen-bond acceptors (Lipinski definition) is 4. The van der Waals surface area contributed by atoms with Crippen molar-refractivity contribution in [3.8, 4) is 0 Å². The van der Waals surface area contributed by atoms with E-state index in [2.05, 4.69) is 10.2 Å². The molecule has 25 heavy (non-hydrogen) atoms. The minimum Gasteiger partial charge on any atom is -0.351 e. The van der Waals surface area contributed by atoms with Gasteiger partial charge in [0.2, 0.25) is 5.91 Å². The molecule has 1 saturated heterocycles. The van der Waals surface area contributed by atoms with E-state index in [1.54, 1.807) is 11.8 Å². The molecule has 0 saturated carbocycles. The molecule has 1 amide bonds. The molecule has 0 aromatic heterocycles. The molecular formula is C17H24F3N3OS. The highest BCUT2D eigenvalue weighted by atomic mass is 32.2. The number of carbonyl (C=O) groups excluding carboxylic acids is 1. The summed E-state index contributed by atoms with van der Waals surface area (Å²) in [5.41, 5.74) is 6.05. The van der Waals surface area contributed by atoms with Crippen molar-refractivity contribution in [1.29, 1.82) is 0 Å². The van der Waals surface area contributed by atoms with E-state index in [4.69, 9.17) is 5.73 Å². The minimum atomic E-state index is -4.31. The van der Waals surface area contributed by atoms with E-state index in [9.17, 15) is 18.0 Å². The topological polar surface area (TPSA) is 58.4 Å². The van der Waals surface area contributed by atoms with E-state index in [1.165, 1.54) is 12.1 Å². The number of benzene rings is 1. The van der Waals surface area contributed by atoms with Crippen LogP contribution in [-0.2, 0) is 17.5 Å². The number of thioether (sulfide) groups is 1. The van der Waals surface area contributed by atoms with Gasteiger partial charge in [-0.15, -0.1) is 0 Å². The van der Waals surface area contributed by atoms with Crippen LogP contribution in [0.25, 0.3) is 0 Å². The SMILES string of the molecule is CSCC[C@H](N)C(=O)NC1CCN(Cc2ccc(C(F)(F)F)cc2)C1. The lowest BCUT2D eigenvalue weighted by Gasteiger charge is -2.19. The number of alkyl halides is 3. The Bertz CT molecular complexity index is 565. The van der Waals surface area contributed by atoms with Gasteiger partial charge in [0.05, 0.1) is 11.6 Å². The summed E-state index contributed by atoms with van der Waals surface area (Å²) >= 11 is 1.66. The van der Waals surface area contributed by atoms with Crippen LogP contribution >= 0.6 is 11.8 Å². The van der Waals surface area contributed by atoms with Gasteiger partial charge in [-0.3, -0.25) is 9.69 Å². The Morgan fingerprint density at radius 3 is 2.68 bits per heavy atom. The molecule has 2 atom stereocenters. The third-order valence-electron chi connectivity index (χ3n) is 4.28. The van der Waals surface area contributed by atoms with Crippen LogP contribution in [0.5, 0.6) is 0 Å². The van der Waals surface area contributed by atoms with E-state index in [0.29, 0.717) is 19.5 Å². The molecule has 8 heteroatoms. The van der Waals surface area contributed by atoms with Gasteiger partial charge in [0.25, 0.3) is 0 Å². The van der Waals surface area contributed by atoms with Crippen molar-refractivity contribution in [2.45, 2.75) is 37.6 Å². The Morgan fingerprint density at radius 1 is 1.40 bits per heavy atom. The first-order chi connectivity index (χ1) is 11.8. The molecule has 0 bridgehead atoms. The zero-order valence-electron chi connectivity index (χ0n) is 14.2. The van der Waals surface area contributed by atoms with Crippen molar-refractivity contribution in [2.24, 2.45) is 5.73 Å². The van der Waals surface area contributed by atoms with Gasteiger partial charge in [0, 0.05) is 25.7 Å². The number of carbonyl (C=O) groups is 1. The standard InChI is InChI=1S/C17H24F3N3OS/c1-25-9-7-15(21)16(24)22-14-6-8-23(11-14)10-12-2-4-13(5-3-12)17(18,19)20/h2-5,14-15H,6-11,21H2,1H3,(H,22,24)/t14?,15-/m0/s1. The maximum absolute atomic E-state index is 12.6. The van der Waals surface area contributed by atoms with Crippen LogP contribution in [0, 0.1) is 0 Å². The summed E-state index contributed by atoms with van der Waals surface area (Å²) < 4.78 is 37.7. The summed E-state index contributed by atoms with van der Waals surface area (Å²) in [6.45, 7) is 2.05. The lowest BCUT2D eigenvalue weighted by Crippen LogP contribution is -2.46. The Kier molecular flexibility index (Phi) is 7.15. The van der Waals surface area contributed by atoms with Crippen molar-refractivity contribution in [3.63, 3.8) is 0 Å². The second-order valence-corrected chi connectivity index (χ2v) is 7.30. The molecule has 0 aliphatic carbocycles. The van der Waals surface area contributed by atoms with Gasteiger partial charge < -0.3 is 11.1 Å². The van der Waals surface area contributed by atoms with Gasteiger partial charge in [-0.2, -0.15) is 24.9 Å². The average Bonchev–Trinajstić information content (AvgIpc) is 2.99. The van der Waals surface area contributed by atoms with Gasteiger partial charge in [-0.05, 0) is 42.5 Å². The van der Waals surface area contributed by atoms with Crippen LogP contribution in [0.2, 0.25) is 0 Å². The summed E-state index contributed by atoms with van der Waals surface area (Å²) in [4.78, 5) is 14.2. The van der Waals surface area contributed by atoms with Gasteiger partial charge in [0.15, 0.2) is 0 Å². The molecule has 1 fully saturated rings. The highest BCUT2D eigenvalue weighted by Gasteiger charge is 2.30. The molecule has 4 nitrogen and oxygen atoms in total. The molecule has 3 N–H and O–H groups in total. The summed E-state index contributed by atoms with van der Waals surface area (Å²) in [6, 6.07) is 4.78. The molecule has 1 aliphatic heterocycles. The van der Waals surface area contributed by atoms with Crippen LogP contribution in [0.1, 0.15) is 24.0 Å². The monoisotopic (exact) mass is 375 g/mol. The fourth-order valence-electron chi connectivity index (χ4n) is 2.84. The molecule has 1 aromatic carbocycles. The number of likely N-dealkylation sites (tertiary alicyclic amines) is 1. The zero-order chi connectivity index (χ0) is 18.4. The van der Waals surface area contributed by atoms with Crippen LogP contribution in [0.15, 0.2) is 24.3 Å². The Hall–Kier alpha value is -1.25. The van der Waals surface area contributed by atoms with Gasteiger partial charge in [-0.1, -0.05) is 12.1 Å². The second kappa shape index (κ2) is 8.91. The lowest BCUT2D eigenvalue weighted by atomic mass is 10.1. The van der Waals surface area contributed by atoms with Crippen LogP contribution in [-0.4, -0.2) is 48.0 Å². The lowest BCUT2D eigenvalue weighted by molar-refractivity contribution is -0.137. The van der Waals surface area contributed by atoms with Crippen molar-refractivity contribution in [3.05, 3.63) is 35.4 Å². The van der Waals surface area contributed by atoms with Crippen molar-refractivity contribution >= 4 is 17.7 Å². The first kappa shape index (κ1) is 20.1. The molecule has 0 radical (unpaired) electrons. The quantitative estimate of drug-likeness (QED) is 0.769. The van der Waals surface area contributed by atoms with Crippen molar-refractivity contribution < 1.29 is 18.0 Å². The number of nitrogens with two attached hydrogens (primary N) is 1. The molecule has 2 rings (SSSR count). The molecule has 1 unspecified atom stereocenters. The Balaban J connectivity index is 1.80. The normalized spacial score (nSPS) is 19.8. The number of nitrogens with one attached hydrogen (secondary N) is 1. The van der Waals surface area contributed by atoms with Gasteiger partial charge in [0.1, 0.15) is 0 Å². The van der Waals surface area contributed by atoms with E-state index in [0.717, 1.165) is 36.4 Å². The summed E-state index contributed by atoms with van der Waals surface area (Å²) in [7, 11) is 0. The summed E-state index contributed by atoms with van der Waals surface area (Å²) in [6.07, 6.45) is -0.867. The maximum atomic E-state index is 12.6. The predicted molar refractivity (Wildman–Crippen MR) is 94.2 cm³/mol. The number of amides is 1. The van der Waals surface area contributed by atoms with E-state index < -0.39 is 17.8 Å². The smallest absolute Gasteiger partial charge is 0.351 e. The first-order valence-corrected chi connectivity index (χ1v) is 9.62. The molecule has 0 spiro atoms. The second-order valence-electron chi connectivity index (χ2n) is 6.31. The molecular weight excluding hydrogens is 351 g/mol. The fraction of sp³-hybridized carbons (Fsp3) is 0.588. The van der Waals surface area contributed by atoms with Crippen molar-refractivity contribution in [1.82, 2.24) is 10.2 Å². The molecule has 1 aromatic rings. The third kappa shape index (κ3) is 6.20. The number of hydrogen-bond donors (Lipinski definition) is 2. The molecule has 1 heterocycles.